The first-order chi connectivity index (χ1) is 12.8. The van der Waals surface area contributed by atoms with Crippen LogP contribution in [-0.4, -0.2) is 20.2 Å². The predicted octanol–water partition coefficient (Wildman–Crippen LogP) is 3.90. The van der Waals surface area contributed by atoms with Crippen LogP contribution >= 0.6 is 31.9 Å². The second-order valence-electron chi connectivity index (χ2n) is 6.12. The van der Waals surface area contributed by atoms with Gasteiger partial charge >= 0.3 is 0 Å². The van der Waals surface area contributed by atoms with Gasteiger partial charge in [-0.05, 0) is 36.4 Å². The molecule has 136 valence electrons. The monoisotopic (exact) mass is 490 g/mol. The van der Waals surface area contributed by atoms with Gasteiger partial charge in [0.05, 0.1) is 22.2 Å². The van der Waals surface area contributed by atoms with Crippen LogP contribution < -0.4 is 11.1 Å². The summed E-state index contributed by atoms with van der Waals surface area (Å²) in [5.74, 6) is -0.424. The number of aromatic amines is 2. The summed E-state index contributed by atoms with van der Waals surface area (Å²) in [6.45, 7) is 0. The molecule has 0 atom stereocenters. The highest BCUT2D eigenvalue weighted by Gasteiger charge is 2.18. The lowest BCUT2D eigenvalue weighted by atomic mass is 10.0. The number of halogens is 2. The lowest BCUT2D eigenvalue weighted by Crippen LogP contribution is -2.19. The summed E-state index contributed by atoms with van der Waals surface area (Å²) in [5, 5.41) is 22.1. The van der Waals surface area contributed by atoms with Gasteiger partial charge in [-0.25, -0.2) is 0 Å². The Morgan fingerprint density at radius 1 is 0.741 bits per heavy atom. The van der Waals surface area contributed by atoms with Crippen molar-refractivity contribution < 1.29 is 10.2 Å². The quantitative estimate of drug-likeness (QED) is 0.341. The number of hydrogen-bond donors (Lipinski definition) is 4. The maximum Gasteiger partial charge on any atom is 0.255 e. The molecule has 2 aromatic carbocycles. The van der Waals surface area contributed by atoms with Crippen molar-refractivity contribution in [2.24, 2.45) is 0 Å². The van der Waals surface area contributed by atoms with Gasteiger partial charge in [-0.2, -0.15) is 0 Å². The molecule has 6 nitrogen and oxygen atoms in total. The highest BCUT2D eigenvalue weighted by atomic mass is 79.9. The molecule has 4 rings (SSSR count). The number of rotatable bonds is 2. The van der Waals surface area contributed by atoms with Crippen molar-refractivity contribution >= 4 is 53.7 Å². The Kier molecular flexibility index (Phi) is 4.32. The molecule has 2 aromatic heterocycles. The molecule has 4 aromatic rings. The van der Waals surface area contributed by atoms with E-state index >= 15 is 0 Å². The Labute approximate surface area is 168 Å². The molecule has 27 heavy (non-hydrogen) atoms. The maximum atomic E-state index is 12.5. The molecule has 0 saturated heterocycles. The van der Waals surface area contributed by atoms with Crippen LogP contribution in [0.2, 0.25) is 0 Å². The molecule has 2 heterocycles. The number of H-pyrrole nitrogens is 2. The first-order valence-electron chi connectivity index (χ1n) is 7.92. The smallest absolute Gasteiger partial charge is 0.255 e. The zero-order valence-electron chi connectivity index (χ0n) is 13.6. The number of aromatic hydroxyl groups is 2. The number of nitrogens with one attached hydrogen (secondary N) is 2. The third-order valence-electron chi connectivity index (χ3n) is 4.44. The van der Waals surface area contributed by atoms with Gasteiger partial charge in [0.2, 0.25) is 0 Å². The van der Waals surface area contributed by atoms with E-state index in [1.807, 2.05) is 0 Å². The van der Waals surface area contributed by atoms with Gasteiger partial charge in [-0.1, -0.05) is 31.9 Å². The van der Waals surface area contributed by atoms with E-state index in [0.717, 1.165) is 8.95 Å². The van der Waals surface area contributed by atoms with Crippen molar-refractivity contribution in [3.05, 3.63) is 77.2 Å². The molecule has 0 aliphatic heterocycles. The van der Waals surface area contributed by atoms with Gasteiger partial charge in [-0.3, -0.25) is 9.59 Å². The average molecular weight is 492 g/mol. The largest absolute Gasteiger partial charge is 0.507 e. The lowest BCUT2D eigenvalue weighted by molar-refractivity contribution is 0.467. The molecule has 0 radical (unpaired) electrons. The minimum absolute atomic E-state index is 0.0158. The van der Waals surface area contributed by atoms with Gasteiger partial charge in [0.1, 0.15) is 11.5 Å². The number of aromatic nitrogens is 2. The zero-order valence-corrected chi connectivity index (χ0v) is 16.8. The number of fused-ring (bicyclic) bond motifs is 2. The summed E-state index contributed by atoms with van der Waals surface area (Å²) in [5.41, 5.74) is -0.0704. The van der Waals surface area contributed by atoms with Crippen molar-refractivity contribution in [2.45, 2.75) is 6.42 Å². The Balaban J connectivity index is 1.92. The first kappa shape index (κ1) is 17.8. The maximum absolute atomic E-state index is 12.5. The molecular formula is C19H12Br2N2O4. The normalized spacial score (nSPS) is 11.3. The Hall–Kier alpha value is -2.58. The molecule has 0 amide bonds. The van der Waals surface area contributed by atoms with E-state index in [2.05, 4.69) is 41.8 Å². The summed E-state index contributed by atoms with van der Waals surface area (Å²) in [6, 6.07) is 10.2. The summed E-state index contributed by atoms with van der Waals surface area (Å²) in [4.78, 5) is 30.3. The fourth-order valence-electron chi connectivity index (χ4n) is 3.09. The van der Waals surface area contributed by atoms with Crippen LogP contribution in [0.5, 0.6) is 11.5 Å². The first-order valence-corrected chi connectivity index (χ1v) is 9.50. The molecule has 0 saturated carbocycles. The summed E-state index contributed by atoms with van der Waals surface area (Å²) >= 11 is 6.63. The van der Waals surface area contributed by atoms with Crippen LogP contribution in [-0.2, 0) is 6.42 Å². The average Bonchev–Trinajstić information content (AvgIpc) is 2.60. The van der Waals surface area contributed by atoms with Gasteiger partial charge in [0.25, 0.3) is 11.1 Å². The van der Waals surface area contributed by atoms with E-state index < -0.39 is 11.1 Å². The van der Waals surface area contributed by atoms with E-state index in [1.165, 1.54) is 0 Å². The number of hydrogen-bond acceptors (Lipinski definition) is 4. The van der Waals surface area contributed by atoms with Crippen molar-refractivity contribution in [2.75, 3.05) is 0 Å². The van der Waals surface area contributed by atoms with Crippen molar-refractivity contribution in [3.8, 4) is 11.5 Å². The third-order valence-corrected chi connectivity index (χ3v) is 5.43. The van der Waals surface area contributed by atoms with Crippen molar-refractivity contribution in [1.29, 1.82) is 0 Å². The fourth-order valence-corrected chi connectivity index (χ4v) is 3.82. The van der Waals surface area contributed by atoms with Crippen molar-refractivity contribution in [3.63, 3.8) is 0 Å². The molecule has 0 aliphatic carbocycles. The minimum Gasteiger partial charge on any atom is -0.507 e. The second-order valence-corrected chi connectivity index (χ2v) is 7.95. The van der Waals surface area contributed by atoms with E-state index in [9.17, 15) is 19.8 Å². The lowest BCUT2D eigenvalue weighted by Gasteiger charge is -2.10. The van der Waals surface area contributed by atoms with Crippen LogP contribution in [0, 0.1) is 0 Å². The standard InChI is InChI=1S/C19H12Br2N2O4/c20-8-1-3-10-14(5-8)22-18(26)12(16(10)24)7-13-17(25)11-4-2-9(21)6-15(11)23-19(13)27/h1-6H,7H2,(H2,22,24,26)(H2,23,25,27). The van der Waals surface area contributed by atoms with E-state index in [-0.39, 0.29) is 29.0 Å². The van der Waals surface area contributed by atoms with Gasteiger partial charge < -0.3 is 20.2 Å². The van der Waals surface area contributed by atoms with Crippen LogP contribution in [0.1, 0.15) is 11.1 Å². The molecule has 0 unspecified atom stereocenters. The molecule has 0 spiro atoms. The van der Waals surface area contributed by atoms with E-state index in [4.69, 9.17) is 0 Å². The molecular weight excluding hydrogens is 480 g/mol. The van der Waals surface area contributed by atoms with Crippen molar-refractivity contribution in [1.82, 2.24) is 9.97 Å². The summed E-state index contributed by atoms with van der Waals surface area (Å²) in [6.07, 6.45) is -0.208. The molecule has 0 aliphatic rings. The summed E-state index contributed by atoms with van der Waals surface area (Å²) < 4.78 is 1.51. The molecule has 8 heteroatoms. The SMILES string of the molecule is O=c1[nH]c2cc(Br)ccc2c(O)c1Cc1c(O)c2ccc(Br)cc2[nH]c1=O. The Bertz CT molecular complexity index is 1240. The number of benzene rings is 2. The van der Waals surface area contributed by atoms with Crippen LogP contribution in [0.15, 0.2) is 54.9 Å². The van der Waals surface area contributed by atoms with Crippen LogP contribution in [0.25, 0.3) is 21.8 Å². The topological polar surface area (TPSA) is 106 Å². The Morgan fingerprint density at radius 3 is 1.56 bits per heavy atom. The highest BCUT2D eigenvalue weighted by Crippen LogP contribution is 2.32. The zero-order chi connectivity index (χ0) is 19.3. The van der Waals surface area contributed by atoms with E-state index in [1.54, 1.807) is 36.4 Å². The van der Waals surface area contributed by atoms with Gasteiger partial charge in [0.15, 0.2) is 0 Å². The van der Waals surface area contributed by atoms with Crippen LogP contribution in [0.4, 0.5) is 0 Å². The minimum atomic E-state index is -0.521. The molecule has 0 bridgehead atoms. The van der Waals surface area contributed by atoms with Crippen LogP contribution in [0.3, 0.4) is 0 Å². The molecule has 4 N–H and O–H groups in total. The van der Waals surface area contributed by atoms with Gasteiger partial charge in [-0.15, -0.1) is 0 Å². The van der Waals surface area contributed by atoms with Gasteiger partial charge in [0, 0.05) is 26.1 Å². The number of pyridine rings is 2. The Morgan fingerprint density at radius 2 is 1.15 bits per heavy atom. The predicted molar refractivity (Wildman–Crippen MR) is 111 cm³/mol. The second kappa shape index (κ2) is 6.54. The highest BCUT2D eigenvalue weighted by molar-refractivity contribution is 9.10. The third kappa shape index (κ3) is 3.04. The van der Waals surface area contributed by atoms with E-state index in [0.29, 0.717) is 21.8 Å². The fraction of sp³-hybridized carbons (Fsp3) is 0.0526. The molecule has 0 fully saturated rings. The summed E-state index contributed by atoms with van der Waals surface area (Å²) in [7, 11) is 0.